The second-order valence-corrected chi connectivity index (χ2v) is 11.0. The van der Waals surface area contributed by atoms with Gasteiger partial charge in [0.05, 0.1) is 23.5 Å². The Morgan fingerprint density at radius 1 is 1.10 bits per heavy atom. The molecule has 1 aliphatic heterocycles. The van der Waals surface area contributed by atoms with Crippen LogP contribution in [0.1, 0.15) is 19.3 Å². The van der Waals surface area contributed by atoms with Crippen LogP contribution >= 0.6 is 11.8 Å². The Morgan fingerprint density at radius 3 is 2.55 bits per heavy atom. The molecule has 31 heavy (non-hydrogen) atoms. The number of para-hydroxylation sites is 1. The summed E-state index contributed by atoms with van der Waals surface area (Å²) >= 11 is 1.31. The fourth-order valence-corrected chi connectivity index (χ4v) is 6.52. The van der Waals surface area contributed by atoms with Crippen molar-refractivity contribution in [2.45, 2.75) is 36.5 Å². The molecule has 5 rings (SSSR count). The molecular formula is C21H22N4O4S2. The van der Waals surface area contributed by atoms with E-state index in [-0.39, 0.29) is 35.2 Å². The number of hydrogen-bond acceptors (Lipinski definition) is 7. The van der Waals surface area contributed by atoms with Crippen molar-refractivity contribution in [2.75, 3.05) is 17.3 Å². The number of carbonyl (C=O) groups is 1. The van der Waals surface area contributed by atoms with E-state index >= 15 is 0 Å². The molecule has 2 fully saturated rings. The molecule has 0 unspecified atom stereocenters. The van der Waals surface area contributed by atoms with E-state index in [1.165, 1.54) is 11.8 Å². The molecule has 2 aromatic heterocycles. The molecule has 0 spiro atoms. The number of carbonyl (C=O) groups excluding carboxylic acids is 1. The van der Waals surface area contributed by atoms with Crippen LogP contribution < -0.4 is 0 Å². The lowest BCUT2D eigenvalue weighted by molar-refractivity contribution is -0.130. The van der Waals surface area contributed by atoms with Gasteiger partial charge in [0.2, 0.25) is 11.7 Å². The number of sulfone groups is 1. The highest BCUT2D eigenvalue weighted by Gasteiger charge is 2.42. The summed E-state index contributed by atoms with van der Waals surface area (Å²) in [6.45, 7) is 0. The Morgan fingerprint density at radius 2 is 1.90 bits per heavy atom. The number of nitrogens with zero attached hydrogens (tertiary/aromatic N) is 4. The molecule has 162 valence electrons. The zero-order chi connectivity index (χ0) is 21.4. The molecule has 10 heteroatoms. The molecule has 3 heterocycles. The van der Waals surface area contributed by atoms with Crippen molar-refractivity contribution in [1.29, 1.82) is 0 Å². The predicted octanol–water partition coefficient (Wildman–Crippen LogP) is 2.80. The van der Waals surface area contributed by atoms with E-state index in [2.05, 4.69) is 10.2 Å². The Labute approximate surface area is 184 Å². The standard InChI is InChI=1S/C21H22N4O4S2/c26-19(24(16-8-9-16)17-10-12-31(27,28)14-17)13-30-21-23-22-20(18-7-4-11-29-18)25(21)15-5-2-1-3-6-15/h1-7,11,16-17H,8-10,12-14H2/t17-/m0/s1. The normalized spacial score (nSPS) is 20.1. The Balaban J connectivity index is 1.38. The van der Waals surface area contributed by atoms with Gasteiger partial charge in [0, 0.05) is 17.8 Å². The molecule has 1 aromatic carbocycles. The summed E-state index contributed by atoms with van der Waals surface area (Å²) in [5, 5.41) is 9.19. The molecule has 3 aromatic rings. The second kappa shape index (κ2) is 8.16. The fraction of sp³-hybridized carbons (Fsp3) is 0.381. The molecule has 0 N–H and O–H groups in total. The average molecular weight is 459 g/mol. The minimum absolute atomic E-state index is 0.0447. The second-order valence-electron chi connectivity index (χ2n) is 7.83. The zero-order valence-corrected chi connectivity index (χ0v) is 18.4. The van der Waals surface area contributed by atoms with Gasteiger partial charge in [0.1, 0.15) is 0 Å². The minimum Gasteiger partial charge on any atom is -0.461 e. The number of aromatic nitrogens is 3. The van der Waals surface area contributed by atoms with Gasteiger partial charge in [-0.05, 0) is 43.5 Å². The highest BCUT2D eigenvalue weighted by Crippen LogP contribution is 2.34. The van der Waals surface area contributed by atoms with Crippen molar-refractivity contribution in [2.24, 2.45) is 0 Å². The molecule has 1 saturated carbocycles. The SMILES string of the molecule is O=C(CSc1nnc(-c2ccco2)n1-c1ccccc1)N(C1CC1)[C@H]1CCS(=O)(=O)C1. The highest BCUT2D eigenvalue weighted by molar-refractivity contribution is 7.99. The van der Waals surface area contributed by atoms with Crippen LogP contribution in [0.3, 0.4) is 0 Å². The highest BCUT2D eigenvalue weighted by atomic mass is 32.2. The van der Waals surface area contributed by atoms with E-state index < -0.39 is 9.84 Å². The first-order chi connectivity index (χ1) is 15.0. The van der Waals surface area contributed by atoms with Crippen molar-refractivity contribution in [3.8, 4) is 17.3 Å². The Kier molecular flexibility index (Phi) is 5.35. The summed E-state index contributed by atoms with van der Waals surface area (Å²) in [6.07, 6.45) is 3.99. The van der Waals surface area contributed by atoms with Gasteiger partial charge >= 0.3 is 0 Å². The van der Waals surface area contributed by atoms with Gasteiger partial charge in [-0.15, -0.1) is 10.2 Å². The monoisotopic (exact) mass is 458 g/mol. The van der Waals surface area contributed by atoms with Gasteiger partial charge in [-0.3, -0.25) is 9.36 Å². The maximum Gasteiger partial charge on any atom is 0.233 e. The summed E-state index contributed by atoms with van der Waals surface area (Å²) in [7, 11) is -3.05. The van der Waals surface area contributed by atoms with Crippen LogP contribution in [0, 0.1) is 0 Å². The van der Waals surface area contributed by atoms with Crippen LogP contribution in [0.15, 0.2) is 58.3 Å². The third-order valence-corrected chi connectivity index (χ3v) is 8.21. The maximum absolute atomic E-state index is 13.1. The maximum atomic E-state index is 13.1. The van der Waals surface area contributed by atoms with Crippen molar-refractivity contribution in [3.05, 3.63) is 48.7 Å². The third kappa shape index (κ3) is 4.27. The van der Waals surface area contributed by atoms with Crippen molar-refractivity contribution in [3.63, 3.8) is 0 Å². The van der Waals surface area contributed by atoms with Crippen LogP contribution in [0.2, 0.25) is 0 Å². The van der Waals surface area contributed by atoms with E-state index in [1.54, 1.807) is 12.3 Å². The first-order valence-electron chi connectivity index (χ1n) is 10.2. The van der Waals surface area contributed by atoms with Crippen LogP contribution in [-0.4, -0.2) is 63.3 Å². The molecular weight excluding hydrogens is 436 g/mol. The van der Waals surface area contributed by atoms with Crippen LogP contribution in [-0.2, 0) is 14.6 Å². The lowest BCUT2D eigenvalue weighted by Gasteiger charge is -2.28. The lowest BCUT2D eigenvalue weighted by Crippen LogP contribution is -2.43. The van der Waals surface area contributed by atoms with Gasteiger partial charge in [0.15, 0.2) is 20.8 Å². The molecule has 0 radical (unpaired) electrons. The average Bonchev–Trinajstić information content (AvgIpc) is 3.15. The van der Waals surface area contributed by atoms with Crippen LogP contribution in [0.4, 0.5) is 0 Å². The van der Waals surface area contributed by atoms with Gasteiger partial charge in [0.25, 0.3) is 0 Å². The van der Waals surface area contributed by atoms with E-state index in [9.17, 15) is 13.2 Å². The topological polar surface area (TPSA) is 98.3 Å². The van der Waals surface area contributed by atoms with Gasteiger partial charge < -0.3 is 9.32 Å². The van der Waals surface area contributed by atoms with Gasteiger partial charge in [-0.1, -0.05) is 30.0 Å². The third-order valence-electron chi connectivity index (χ3n) is 5.54. The van der Waals surface area contributed by atoms with Crippen LogP contribution in [0.5, 0.6) is 0 Å². The molecule has 1 amide bonds. The Bertz CT molecular complexity index is 1170. The van der Waals surface area contributed by atoms with Crippen molar-refractivity contribution < 1.29 is 17.6 Å². The summed E-state index contributed by atoms with van der Waals surface area (Å²) in [6, 6.07) is 13.2. The first kappa shape index (κ1) is 20.3. The molecule has 1 saturated heterocycles. The van der Waals surface area contributed by atoms with E-state index in [0.29, 0.717) is 23.2 Å². The summed E-state index contributed by atoms with van der Waals surface area (Å²) in [5.74, 6) is 1.52. The Hall–Kier alpha value is -2.59. The van der Waals surface area contributed by atoms with E-state index in [0.717, 1.165) is 18.5 Å². The molecule has 8 nitrogen and oxygen atoms in total. The minimum atomic E-state index is -3.05. The van der Waals surface area contributed by atoms with Gasteiger partial charge in [-0.2, -0.15) is 0 Å². The number of hydrogen-bond donors (Lipinski definition) is 0. The van der Waals surface area contributed by atoms with Crippen molar-refractivity contribution in [1.82, 2.24) is 19.7 Å². The molecule has 1 atom stereocenters. The largest absolute Gasteiger partial charge is 0.461 e. The number of benzene rings is 1. The molecule has 2 aliphatic rings. The van der Waals surface area contributed by atoms with E-state index in [1.807, 2.05) is 45.9 Å². The summed E-state index contributed by atoms with van der Waals surface area (Å²) in [5.41, 5.74) is 0.870. The number of amides is 1. The molecule has 0 bridgehead atoms. The van der Waals surface area contributed by atoms with E-state index in [4.69, 9.17) is 4.42 Å². The fourth-order valence-electron chi connectivity index (χ4n) is 3.99. The number of furan rings is 1. The number of thioether (sulfide) groups is 1. The predicted molar refractivity (Wildman–Crippen MR) is 117 cm³/mol. The summed E-state index contributed by atoms with van der Waals surface area (Å²) < 4.78 is 31.3. The van der Waals surface area contributed by atoms with Crippen molar-refractivity contribution >= 4 is 27.5 Å². The lowest BCUT2D eigenvalue weighted by atomic mass is 10.2. The van der Waals surface area contributed by atoms with Crippen LogP contribution in [0.25, 0.3) is 17.3 Å². The first-order valence-corrected chi connectivity index (χ1v) is 13.0. The summed E-state index contributed by atoms with van der Waals surface area (Å²) in [4.78, 5) is 14.9. The number of rotatable bonds is 7. The molecule has 1 aliphatic carbocycles. The zero-order valence-electron chi connectivity index (χ0n) is 16.8. The quantitative estimate of drug-likeness (QED) is 0.502. The smallest absolute Gasteiger partial charge is 0.233 e. The van der Waals surface area contributed by atoms with Gasteiger partial charge in [-0.25, -0.2) is 8.42 Å².